The lowest BCUT2D eigenvalue weighted by Gasteiger charge is -2.10. The molecule has 0 aliphatic carbocycles. The Morgan fingerprint density at radius 1 is 1.00 bits per heavy atom. The van der Waals surface area contributed by atoms with Crippen molar-refractivity contribution in [2.45, 2.75) is 6.54 Å². The Morgan fingerprint density at radius 3 is 2.48 bits per heavy atom. The minimum atomic E-state index is -0.356. The Balaban J connectivity index is 1.83. The summed E-state index contributed by atoms with van der Waals surface area (Å²) in [6, 6.07) is 17.2. The van der Waals surface area contributed by atoms with Gasteiger partial charge in [0.25, 0.3) is 11.5 Å². The van der Waals surface area contributed by atoms with Crippen LogP contribution in [0, 0.1) is 0 Å². The van der Waals surface area contributed by atoms with Gasteiger partial charge in [0.15, 0.2) is 0 Å². The molecule has 1 aromatic heterocycles. The highest BCUT2D eigenvalue weighted by atomic mass is 35.5. The number of anilines is 1. The van der Waals surface area contributed by atoms with Gasteiger partial charge in [-0.3, -0.25) is 9.59 Å². The second-order valence-electron chi connectivity index (χ2n) is 5.45. The van der Waals surface area contributed by atoms with Crippen molar-refractivity contribution in [2.24, 2.45) is 0 Å². The molecule has 0 saturated carbocycles. The van der Waals surface area contributed by atoms with E-state index >= 15 is 0 Å². The number of benzene rings is 2. The van der Waals surface area contributed by atoms with Crippen LogP contribution in [0.15, 0.2) is 71.7 Å². The van der Waals surface area contributed by atoms with Crippen LogP contribution in [0.4, 0.5) is 5.69 Å². The van der Waals surface area contributed by atoms with E-state index in [1.54, 1.807) is 18.2 Å². The number of hydrogen-bond donors (Lipinski definition) is 1. The molecule has 126 valence electrons. The topological polar surface area (TPSA) is 51.1 Å². The summed E-state index contributed by atoms with van der Waals surface area (Å²) in [7, 11) is 0. The lowest BCUT2D eigenvalue weighted by Crippen LogP contribution is -2.22. The van der Waals surface area contributed by atoms with Gasteiger partial charge in [0.05, 0.1) is 22.8 Å². The van der Waals surface area contributed by atoms with Crippen molar-refractivity contribution in [1.29, 1.82) is 0 Å². The molecule has 0 radical (unpaired) electrons. The zero-order chi connectivity index (χ0) is 17.8. The molecule has 25 heavy (non-hydrogen) atoms. The van der Waals surface area contributed by atoms with Crippen molar-refractivity contribution in [1.82, 2.24) is 4.57 Å². The van der Waals surface area contributed by atoms with Gasteiger partial charge in [0.2, 0.25) is 0 Å². The summed E-state index contributed by atoms with van der Waals surface area (Å²) in [6.45, 7) is 0.391. The van der Waals surface area contributed by atoms with Crippen LogP contribution in [0.1, 0.15) is 15.9 Å². The number of hydrogen-bond acceptors (Lipinski definition) is 2. The number of carbonyl (C=O) groups is 1. The minimum absolute atomic E-state index is 0.176. The van der Waals surface area contributed by atoms with Crippen LogP contribution in [0.25, 0.3) is 0 Å². The van der Waals surface area contributed by atoms with Crippen LogP contribution < -0.4 is 10.9 Å². The average molecular weight is 373 g/mol. The van der Waals surface area contributed by atoms with E-state index in [-0.39, 0.29) is 11.5 Å². The van der Waals surface area contributed by atoms with Crippen molar-refractivity contribution in [3.63, 3.8) is 0 Å². The smallest absolute Gasteiger partial charge is 0.257 e. The van der Waals surface area contributed by atoms with Crippen LogP contribution in [0.5, 0.6) is 0 Å². The molecule has 6 heteroatoms. The molecule has 0 aliphatic heterocycles. The first kappa shape index (κ1) is 17.3. The van der Waals surface area contributed by atoms with E-state index in [4.69, 9.17) is 23.2 Å². The maximum Gasteiger partial charge on any atom is 0.257 e. The summed E-state index contributed by atoms with van der Waals surface area (Å²) in [4.78, 5) is 24.5. The molecule has 4 nitrogen and oxygen atoms in total. The molecule has 0 saturated heterocycles. The molecule has 0 aliphatic rings. The van der Waals surface area contributed by atoms with Gasteiger partial charge in [-0.1, -0.05) is 53.5 Å². The number of nitrogens with one attached hydrogen (secondary N) is 1. The van der Waals surface area contributed by atoms with Gasteiger partial charge in [-0.05, 0) is 29.8 Å². The third-order valence-corrected chi connectivity index (χ3v) is 4.17. The normalized spacial score (nSPS) is 10.5. The number of rotatable bonds is 4. The summed E-state index contributed by atoms with van der Waals surface area (Å²) in [5, 5.41) is 3.55. The van der Waals surface area contributed by atoms with Crippen LogP contribution >= 0.6 is 23.2 Å². The predicted molar refractivity (Wildman–Crippen MR) is 101 cm³/mol. The van der Waals surface area contributed by atoms with Crippen LogP contribution in [0.3, 0.4) is 0 Å². The lowest BCUT2D eigenvalue weighted by atomic mass is 10.2. The Hall–Kier alpha value is -2.56. The van der Waals surface area contributed by atoms with Crippen molar-refractivity contribution < 1.29 is 4.79 Å². The maximum absolute atomic E-state index is 12.4. The fourth-order valence-electron chi connectivity index (χ4n) is 2.35. The number of carbonyl (C=O) groups excluding carboxylic acids is 1. The fraction of sp³-hybridized carbons (Fsp3) is 0.0526. The highest BCUT2D eigenvalue weighted by molar-refractivity contribution is 6.36. The molecule has 0 unspecified atom stereocenters. The highest BCUT2D eigenvalue weighted by Crippen LogP contribution is 2.25. The Labute approximate surface area is 154 Å². The second-order valence-corrected chi connectivity index (χ2v) is 6.29. The highest BCUT2D eigenvalue weighted by Gasteiger charge is 2.10. The Kier molecular flexibility index (Phi) is 5.22. The molecule has 0 bridgehead atoms. The van der Waals surface area contributed by atoms with E-state index in [1.807, 2.05) is 30.3 Å². The summed E-state index contributed by atoms with van der Waals surface area (Å²) >= 11 is 11.9. The number of amides is 1. The molecule has 0 atom stereocenters. The van der Waals surface area contributed by atoms with Crippen molar-refractivity contribution >= 4 is 34.8 Å². The quantitative estimate of drug-likeness (QED) is 0.734. The molecule has 0 fully saturated rings. The molecule has 3 rings (SSSR count). The van der Waals surface area contributed by atoms with Gasteiger partial charge in [-0.2, -0.15) is 0 Å². The van der Waals surface area contributed by atoms with Gasteiger partial charge in [-0.15, -0.1) is 0 Å². The van der Waals surface area contributed by atoms with E-state index in [0.717, 1.165) is 5.56 Å². The molecule has 1 N–H and O–H groups in total. The standard InChI is InChI=1S/C19H14Cl2N2O2/c20-15-7-8-17(16(21)10-15)22-19(25)14-6-9-18(24)23(12-14)11-13-4-2-1-3-5-13/h1-10,12H,11H2,(H,22,25). The summed E-state index contributed by atoms with van der Waals surface area (Å²) < 4.78 is 1.49. The zero-order valence-corrected chi connectivity index (χ0v) is 14.6. The van der Waals surface area contributed by atoms with E-state index in [2.05, 4.69) is 5.32 Å². The van der Waals surface area contributed by atoms with E-state index < -0.39 is 0 Å². The summed E-state index contributed by atoms with van der Waals surface area (Å²) in [5.74, 6) is -0.356. The van der Waals surface area contributed by atoms with Crippen LogP contribution in [-0.2, 0) is 6.54 Å². The van der Waals surface area contributed by atoms with Crippen molar-refractivity contribution in [3.8, 4) is 0 Å². The summed E-state index contributed by atoms with van der Waals surface area (Å²) in [5.41, 5.74) is 1.62. The van der Waals surface area contributed by atoms with E-state index in [0.29, 0.717) is 27.8 Å². The second kappa shape index (κ2) is 7.55. The third-order valence-electron chi connectivity index (χ3n) is 3.62. The predicted octanol–water partition coefficient (Wildman–Crippen LogP) is 4.46. The molecule has 3 aromatic rings. The zero-order valence-electron chi connectivity index (χ0n) is 13.1. The van der Waals surface area contributed by atoms with Gasteiger partial charge in [0.1, 0.15) is 0 Å². The largest absolute Gasteiger partial charge is 0.321 e. The van der Waals surface area contributed by atoms with E-state index in [9.17, 15) is 9.59 Å². The van der Waals surface area contributed by atoms with Crippen molar-refractivity contribution in [3.05, 3.63) is 98.4 Å². The number of nitrogens with zero attached hydrogens (tertiary/aromatic N) is 1. The van der Waals surface area contributed by atoms with Gasteiger partial charge >= 0.3 is 0 Å². The Morgan fingerprint density at radius 2 is 1.76 bits per heavy atom. The lowest BCUT2D eigenvalue weighted by molar-refractivity contribution is 0.102. The number of pyridine rings is 1. The molecule has 0 spiro atoms. The molecule has 2 aromatic carbocycles. The molecule has 1 amide bonds. The van der Waals surface area contributed by atoms with Crippen LogP contribution in [-0.4, -0.2) is 10.5 Å². The number of aromatic nitrogens is 1. The van der Waals surface area contributed by atoms with Gasteiger partial charge < -0.3 is 9.88 Å². The first-order valence-electron chi connectivity index (χ1n) is 7.54. The average Bonchev–Trinajstić information content (AvgIpc) is 2.60. The molecular formula is C19H14Cl2N2O2. The van der Waals surface area contributed by atoms with Crippen LogP contribution in [0.2, 0.25) is 10.0 Å². The molecule has 1 heterocycles. The number of halogens is 2. The van der Waals surface area contributed by atoms with E-state index in [1.165, 1.54) is 22.9 Å². The van der Waals surface area contributed by atoms with Gasteiger partial charge in [-0.25, -0.2) is 0 Å². The first-order chi connectivity index (χ1) is 12.0. The fourth-order valence-corrected chi connectivity index (χ4v) is 2.81. The first-order valence-corrected chi connectivity index (χ1v) is 8.29. The maximum atomic E-state index is 12.4. The van der Waals surface area contributed by atoms with Crippen molar-refractivity contribution in [2.75, 3.05) is 5.32 Å². The van der Waals surface area contributed by atoms with Gasteiger partial charge in [0, 0.05) is 17.3 Å². The minimum Gasteiger partial charge on any atom is -0.321 e. The molecular weight excluding hydrogens is 359 g/mol. The summed E-state index contributed by atoms with van der Waals surface area (Å²) in [6.07, 6.45) is 1.54. The third kappa shape index (κ3) is 4.29. The monoisotopic (exact) mass is 372 g/mol. The SMILES string of the molecule is O=C(Nc1ccc(Cl)cc1Cl)c1ccc(=O)n(Cc2ccccc2)c1. The Bertz CT molecular complexity index is 969.